The molecule has 0 saturated carbocycles. The maximum absolute atomic E-state index is 14.4. The smallest absolute Gasteiger partial charge is 0.238 e. The van der Waals surface area contributed by atoms with Crippen LogP contribution in [-0.2, 0) is 0 Å². The fraction of sp³-hybridized carbons (Fsp3) is 0.0303. The number of nitrogens with zero attached hydrogens (tertiary/aromatic N) is 4. The fourth-order valence-electron chi connectivity index (χ4n) is 5.57. The molecule has 0 aliphatic rings. The van der Waals surface area contributed by atoms with Gasteiger partial charge in [-0.15, -0.1) is 16.4 Å². The standard InChI is InChI=1S/C33H20BrFN4OS/c1-40-22-13-14-27-23(17-22)24-18-26(34)29-25-16-20(35)12-15-28(25)41-31(29)30(24)38(27)33-36-32(19-8-4-2-5-9-19)37-39(33)21-10-6-3-7-11-21/h2-18H,1H3. The predicted octanol–water partition coefficient (Wildman–Crippen LogP) is 9.31. The van der Waals surface area contributed by atoms with Crippen LogP contribution in [0.3, 0.4) is 0 Å². The van der Waals surface area contributed by atoms with E-state index in [-0.39, 0.29) is 5.82 Å². The van der Waals surface area contributed by atoms with Gasteiger partial charge in [0.1, 0.15) is 11.6 Å². The van der Waals surface area contributed by atoms with Crippen molar-refractivity contribution in [3.05, 3.63) is 113 Å². The summed E-state index contributed by atoms with van der Waals surface area (Å²) >= 11 is 5.47. The minimum absolute atomic E-state index is 0.259. The predicted molar refractivity (Wildman–Crippen MR) is 168 cm³/mol. The number of methoxy groups -OCH3 is 1. The minimum atomic E-state index is -0.259. The van der Waals surface area contributed by atoms with Crippen LogP contribution in [0.5, 0.6) is 5.75 Å². The zero-order chi connectivity index (χ0) is 27.7. The molecule has 0 aliphatic heterocycles. The summed E-state index contributed by atoms with van der Waals surface area (Å²) in [6.45, 7) is 0. The lowest BCUT2D eigenvalue weighted by Gasteiger charge is -2.10. The zero-order valence-corrected chi connectivity index (χ0v) is 24.1. The normalized spacial score (nSPS) is 11.8. The summed E-state index contributed by atoms with van der Waals surface area (Å²) in [6.07, 6.45) is 0. The van der Waals surface area contributed by atoms with Crippen LogP contribution in [-0.4, -0.2) is 26.4 Å². The van der Waals surface area contributed by atoms with Gasteiger partial charge in [-0.1, -0.05) is 64.5 Å². The average Bonchev–Trinajstić information content (AvgIpc) is 3.70. The van der Waals surface area contributed by atoms with Crippen molar-refractivity contribution in [2.75, 3.05) is 7.11 Å². The summed E-state index contributed by atoms with van der Waals surface area (Å²) in [5.74, 6) is 1.79. The van der Waals surface area contributed by atoms with Gasteiger partial charge in [-0.25, -0.2) is 4.39 Å². The molecule has 0 saturated heterocycles. The Morgan fingerprint density at radius 3 is 2.39 bits per heavy atom. The van der Waals surface area contributed by atoms with E-state index in [1.54, 1.807) is 24.5 Å². The molecule has 0 fully saturated rings. The quantitative estimate of drug-likeness (QED) is 0.197. The fourth-order valence-corrected chi connectivity index (χ4v) is 7.59. The monoisotopic (exact) mass is 618 g/mol. The van der Waals surface area contributed by atoms with Gasteiger partial charge in [-0.3, -0.25) is 4.57 Å². The van der Waals surface area contributed by atoms with E-state index in [9.17, 15) is 4.39 Å². The van der Waals surface area contributed by atoms with Crippen molar-refractivity contribution < 1.29 is 9.13 Å². The van der Waals surface area contributed by atoms with Gasteiger partial charge >= 0.3 is 0 Å². The summed E-state index contributed by atoms with van der Waals surface area (Å²) in [4.78, 5) is 5.16. The van der Waals surface area contributed by atoms with Gasteiger partial charge in [0.15, 0.2) is 5.82 Å². The number of fused-ring (bicyclic) bond motifs is 7. The van der Waals surface area contributed by atoms with Crippen molar-refractivity contribution in [2.24, 2.45) is 0 Å². The van der Waals surface area contributed by atoms with E-state index in [4.69, 9.17) is 14.8 Å². The minimum Gasteiger partial charge on any atom is -0.497 e. The summed E-state index contributed by atoms with van der Waals surface area (Å²) < 4.78 is 27.1. The first kappa shape index (κ1) is 24.3. The highest BCUT2D eigenvalue weighted by Crippen LogP contribution is 2.47. The third kappa shape index (κ3) is 3.71. The Kier molecular flexibility index (Phi) is 5.48. The summed E-state index contributed by atoms with van der Waals surface area (Å²) in [7, 11) is 1.67. The molecule has 198 valence electrons. The van der Waals surface area contributed by atoms with Crippen molar-refractivity contribution >= 4 is 69.2 Å². The van der Waals surface area contributed by atoms with E-state index in [1.165, 1.54) is 6.07 Å². The lowest BCUT2D eigenvalue weighted by Crippen LogP contribution is -2.06. The van der Waals surface area contributed by atoms with Gasteiger partial charge in [0.2, 0.25) is 5.95 Å². The van der Waals surface area contributed by atoms with Crippen molar-refractivity contribution in [2.45, 2.75) is 0 Å². The molecule has 0 atom stereocenters. The second-order valence-electron chi connectivity index (χ2n) is 9.77. The van der Waals surface area contributed by atoms with Gasteiger partial charge in [-0.2, -0.15) is 9.67 Å². The molecular formula is C33H20BrFN4OS. The highest BCUT2D eigenvalue weighted by atomic mass is 79.9. The van der Waals surface area contributed by atoms with E-state index in [2.05, 4.69) is 38.7 Å². The topological polar surface area (TPSA) is 44.9 Å². The van der Waals surface area contributed by atoms with Crippen LogP contribution in [0.2, 0.25) is 0 Å². The Bertz CT molecular complexity index is 2270. The molecule has 0 bridgehead atoms. The van der Waals surface area contributed by atoms with E-state index < -0.39 is 0 Å². The van der Waals surface area contributed by atoms with Gasteiger partial charge in [0.05, 0.1) is 28.5 Å². The highest BCUT2D eigenvalue weighted by molar-refractivity contribution is 9.10. The van der Waals surface area contributed by atoms with Crippen LogP contribution in [0.4, 0.5) is 4.39 Å². The second kappa shape index (κ2) is 9.26. The molecule has 0 N–H and O–H groups in total. The first-order chi connectivity index (χ1) is 20.1. The number of aromatic nitrogens is 4. The van der Waals surface area contributed by atoms with Crippen molar-refractivity contribution in [1.29, 1.82) is 0 Å². The third-order valence-electron chi connectivity index (χ3n) is 7.41. The zero-order valence-electron chi connectivity index (χ0n) is 21.7. The van der Waals surface area contributed by atoms with Crippen molar-refractivity contribution in [1.82, 2.24) is 19.3 Å². The Morgan fingerprint density at radius 2 is 1.61 bits per heavy atom. The molecule has 0 radical (unpaired) electrons. The molecule has 0 amide bonds. The molecule has 8 aromatic rings. The number of thiophene rings is 1. The molecule has 5 nitrogen and oxygen atoms in total. The Balaban J connectivity index is 1.57. The number of halogens is 2. The third-order valence-corrected chi connectivity index (χ3v) is 9.21. The summed E-state index contributed by atoms with van der Waals surface area (Å²) in [5, 5.41) is 8.92. The lowest BCUT2D eigenvalue weighted by molar-refractivity contribution is 0.415. The first-order valence-corrected chi connectivity index (χ1v) is 14.6. The number of rotatable bonds is 4. The Morgan fingerprint density at radius 1 is 0.829 bits per heavy atom. The van der Waals surface area contributed by atoms with Crippen LogP contribution < -0.4 is 4.74 Å². The molecule has 3 aromatic heterocycles. The van der Waals surface area contributed by atoms with Gasteiger partial charge in [0, 0.05) is 36.3 Å². The Hall–Kier alpha value is -4.53. The number of hydrogen-bond donors (Lipinski definition) is 0. The molecule has 0 spiro atoms. The molecule has 5 aromatic carbocycles. The van der Waals surface area contributed by atoms with Crippen LogP contribution in [0.1, 0.15) is 0 Å². The maximum Gasteiger partial charge on any atom is 0.238 e. The number of ether oxygens (including phenoxy) is 1. The molecule has 3 heterocycles. The average molecular weight is 620 g/mol. The van der Waals surface area contributed by atoms with Crippen LogP contribution in [0, 0.1) is 5.82 Å². The molecule has 8 rings (SSSR count). The molecule has 0 unspecified atom stereocenters. The highest BCUT2D eigenvalue weighted by Gasteiger charge is 2.24. The largest absolute Gasteiger partial charge is 0.497 e. The molecule has 0 aliphatic carbocycles. The van der Waals surface area contributed by atoms with Gasteiger partial charge in [-0.05, 0) is 54.6 Å². The van der Waals surface area contributed by atoms with E-state index in [0.29, 0.717) is 11.8 Å². The van der Waals surface area contributed by atoms with Gasteiger partial charge in [0.25, 0.3) is 0 Å². The van der Waals surface area contributed by atoms with Crippen LogP contribution in [0.25, 0.3) is 65.0 Å². The SMILES string of the molecule is COc1ccc2c(c1)c1cc(Br)c3c4cc(F)ccc4sc3c1n2-c1nc(-c2ccccc2)nn1-c1ccccc1. The van der Waals surface area contributed by atoms with E-state index >= 15 is 0 Å². The van der Waals surface area contributed by atoms with Crippen LogP contribution in [0.15, 0.2) is 108 Å². The second-order valence-corrected chi connectivity index (χ2v) is 11.7. The first-order valence-electron chi connectivity index (χ1n) is 13.0. The summed E-state index contributed by atoms with van der Waals surface area (Å²) in [6, 6.07) is 33.2. The van der Waals surface area contributed by atoms with Crippen LogP contribution >= 0.6 is 27.3 Å². The summed E-state index contributed by atoms with van der Waals surface area (Å²) in [5.41, 5.74) is 3.77. The molecule has 8 heteroatoms. The number of hydrogen-bond acceptors (Lipinski definition) is 4. The van der Waals surface area contributed by atoms with Gasteiger partial charge < -0.3 is 4.74 Å². The number of benzene rings is 5. The number of para-hydroxylation sites is 1. The molecule has 41 heavy (non-hydrogen) atoms. The maximum atomic E-state index is 14.4. The molecular weight excluding hydrogens is 599 g/mol. The Labute approximate surface area is 246 Å². The van der Waals surface area contributed by atoms with E-state index in [1.807, 2.05) is 77.5 Å². The lowest BCUT2D eigenvalue weighted by atomic mass is 10.1. The van der Waals surface area contributed by atoms with Crippen molar-refractivity contribution in [3.8, 4) is 28.8 Å². The van der Waals surface area contributed by atoms with E-state index in [0.717, 1.165) is 63.5 Å². The van der Waals surface area contributed by atoms with Crippen molar-refractivity contribution in [3.63, 3.8) is 0 Å².